The first kappa shape index (κ1) is 26.0. The summed E-state index contributed by atoms with van der Waals surface area (Å²) in [5, 5.41) is 12.3. The predicted octanol–water partition coefficient (Wildman–Crippen LogP) is 2.88. The standard InChI is InChI=1S/C30H37N9O2/c1-35-12-14-36(15-13-35)27(40)20-38-19-25(16-31-38)32-30-33-29-26(8-5-11-39(29)34-30)37-17-23-9-10-24(18-37)28(23)41-21-22-6-3-2-4-7-22/h2-8,11,16,19,23-24,28H,9-10,12-15,17-18,20-21H2,1H3,(H,32,34)/t23-,24+,28-. The van der Waals surface area contributed by atoms with Gasteiger partial charge in [0, 0.05) is 63.5 Å². The number of benzene rings is 1. The van der Waals surface area contributed by atoms with Crippen LogP contribution in [0.4, 0.5) is 17.3 Å². The minimum absolute atomic E-state index is 0.0893. The van der Waals surface area contributed by atoms with Gasteiger partial charge in [-0.1, -0.05) is 30.3 Å². The summed E-state index contributed by atoms with van der Waals surface area (Å²) in [6, 6.07) is 14.6. The smallest absolute Gasteiger partial charge is 0.247 e. The number of rotatable bonds is 8. The fourth-order valence-electron chi connectivity index (χ4n) is 6.54. The Morgan fingerprint density at radius 3 is 2.59 bits per heavy atom. The molecule has 0 radical (unpaired) electrons. The van der Waals surface area contributed by atoms with Crippen molar-refractivity contribution in [1.82, 2.24) is 34.2 Å². The Balaban J connectivity index is 1.00. The number of ether oxygens (including phenoxy) is 1. The molecule has 1 saturated carbocycles. The molecule has 2 bridgehead atoms. The number of nitrogens with zero attached hydrogens (tertiary/aromatic N) is 8. The maximum atomic E-state index is 12.7. The zero-order valence-electron chi connectivity index (χ0n) is 23.5. The van der Waals surface area contributed by atoms with E-state index in [1.807, 2.05) is 33.9 Å². The summed E-state index contributed by atoms with van der Waals surface area (Å²) in [6.07, 6.45) is 8.18. The van der Waals surface area contributed by atoms with E-state index >= 15 is 0 Å². The number of fused-ring (bicyclic) bond motifs is 3. The molecule has 7 rings (SSSR count). The van der Waals surface area contributed by atoms with Gasteiger partial charge in [0.05, 0.1) is 30.3 Å². The Morgan fingerprint density at radius 1 is 1.02 bits per heavy atom. The summed E-state index contributed by atoms with van der Waals surface area (Å²) in [5.74, 6) is 1.62. The molecule has 2 saturated heterocycles. The van der Waals surface area contributed by atoms with Gasteiger partial charge in [0.1, 0.15) is 6.54 Å². The topological polar surface area (TPSA) is 96.1 Å². The first-order valence-electron chi connectivity index (χ1n) is 14.6. The Bertz CT molecular complexity index is 1480. The van der Waals surface area contributed by atoms with Crippen molar-refractivity contribution in [2.45, 2.75) is 32.1 Å². The lowest BCUT2D eigenvalue weighted by Gasteiger charge is -2.39. The third-order valence-electron chi connectivity index (χ3n) is 8.76. The van der Waals surface area contributed by atoms with Crippen LogP contribution in [-0.2, 0) is 22.7 Å². The van der Waals surface area contributed by atoms with Crippen molar-refractivity contribution < 1.29 is 9.53 Å². The van der Waals surface area contributed by atoms with E-state index in [-0.39, 0.29) is 12.5 Å². The highest BCUT2D eigenvalue weighted by atomic mass is 16.5. The van der Waals surface area contributed by atoms with Gasteiger partial charge < -0.3 is 24.8 Å². The molecule has 214 valence electrons. The van der Waals surface area contributed by atoms with Crippen LogP contribution in [0.1, 0.15) is 18.4 Å². The van der Waals surface area contributed by atoms with Crippen molar-refractivity contribution in [3.63, 3.8) is 0 Å². The number of carbonyl (C=O) groups excluding carboxylic acids is 1. The van der Waals surface area contributed by atoms with Gasteiger partial charge in [-0.15, -0.1) is 5.10 Å². The molecule has 5 heterocycles. The van der Waals surface area contributed by atoms with Crippen molar-refractivity contribution in [2.75, 3.05) is 56.5 Å². The fraction of sp³-hybridized carbons (Fsp3) is 0.467. The molecule has 0 spiro atoms. The van der Waals surface area contributed by atoms with Crippen LogP contribution in [0.5, 0.6) is 0 Å². The predicted molar refractivity (Wildman–Crippen MR) is 156 cm³/mol. The van der Waals surface area contributed by atoms with Crippen LogP contribution in [0.2, 0.25) is 0 Å². The van der Waals surface area contributed by atoms with Gasteiger partial charge in [0.15, 0.2) is 5.65 Å². The molecular formula is C30H37N9O2. The number of piperazine rings is 1. The molecule has 1 amide bonds. The molecule has 0 unspecified atom stereocenters. The Kier molecular flexibility index (Phi) is 7.05. The Hall–Kier alpha value is -3.96. The van der Waals surface area contributed by atoms with Crippen molar-refractivity contribution in [3.8, 4) is 0 Å². The highest BCUT2D eigenvalue weighted by molar-refractivity contribution is 5.76. The Morgan fingerprint density at radius 2 is 1.80 bits per heavy atom. The maximum Gasteiger partial charge on any atom is 0.247 e. The van der Waals surface area contributed by atoms with Crippen LogP contribution in [-0.4, -0.2) is 92.5 Å². The lowest BCUT2D eigenvalue weighted by atomic mass is 9.94. The van der Waals surface area contributed by atoms with E-state index in [0.717, 1.165) is 56.3 Å². The van der Waals surface area contributed by atoms with Gasteiger partial charge in [-0.05, 0) is 37.6 Å². The van der Waals surface area contributed by atoms with E-state index in [0.29, 0.717) is 30.5 Å². The third kappa shape index (κ3) is 5.51. The van der Waals surface area contributed by atoms with E-state index in [2.05, 4.69) is 62.7 Å². The number of hydrogen-bond acceptors (Lipinski definition) is 8. The minimum Gasteiger partial charge on any atom is -0.373 e. The zero-order chi connectivity index (χ0) is 27.8. The second-order valence-corrected chi connectivity index (χ2v) is 11.6. The maximum absolute atomic E-state index is 12.7. The van der Waals surface area contributed by atoms with Crippen molar-refractivity contribution in [3.05, 3.63) is 66.6 Å². The van der Waals surface area contributed by atoms with E-state index in [4.69, 9.17) is 9.72 Å². The molecule has 41 heavy (non-hydrogen) atoms. The highest BCUT2D eigenvalue weighted by Crippen LogP contribution is 2.41. The molecule has 4 aromatic rings. The number of aromatic nitrogens is 5. The van der Waals surface area contributed by atoms with Crippen LogP contribution >= 0.6 is 0 Å². The number of anilines is 3. The summed E-state index contributed by atoms with van der Waals surface area (Å²) in [4.78, 5) is 24.2. The van der Waals surface area contributed by atoms with Crippen LogP contribution in [0, 0.1) is 11.8 Å². The van der Waals surface area contributed by atoms with Crippen LogP contribution in [0.25, 0.3) is 5.65 Å². The molecule has 1 N–H and O–H groups in total. The van der Waals surface area contributed by atoms with Crippen molar-refractivity contribution >= 4 is 28.9 Å². The molecule has 11 heteroatoms. The monoisotopic (exact) mass is 555 g/mol. The van der Waals surface area contributed by atoms with E-state index < -0.39 is 0 Å². The molecule has 3 fully saturated rings. The molecule has 3 aliphatic rings. The lowest BCUT2D eigenvalue weighted by Crippen LogP contribution is -2.48. The van der Waals surface area contributed by atoms with Crippen LogP contribution in [0.3, 0.4) is 0 Å². The first-order chi connectivity index (χ1) is 20.1. The lowest BCUT2D eigenvalue weighted by molar-refractivity contribution is -0.133. The van der Waals surface area contributed by atoms with Crippen LogP contribution in [0.15, 0.2) is 61.1 Å². The summed E-state index contributed by atoms with van der Waals surface area (Å²) < 4.78 is 9.96. The number of carbonyl (C=O) groups is 1. The van der Waals surface area contributed by atoms with Crippen molar-refractivity contribution in [2.24, 2.45) is 11.8 Å². The van der Waals surface area contributed by atoms with E-state index in [1.165, 1.54) is 18.4 Å². The van der Waals surface area contributed by atoms with Crippen LogP contribution < -0.4 is 10.2 Å². The average Bonchev–Trinajstić information content (AvgIpc) is 3.67. The summed E-state index contributed by atoms with van der Waals surface area (Å²) in [6.45, 7) is 6.14. The largest absolute Gasteiger partial charge is 0.373 e. The number of amides is 1. The van der Waals surface area contributed by atoms with Gasteiger partial charge in [-0.25, -0.2) is 4.52 Å². The SMILES string of the molecule is CN1CCN(C(=O)Cn2cc(Nc3nc4c(N5C[C@H]6CC[C@@H](C5)[C@@H]6OCc5ccccc5)cccn4n3)cn2)CC1. The molecule has 1 aromatic carbocycles. The fourth-order valence-corrected chi connectivity index (χ4v) is 6.54. The first-order valence-corrected chi connectivity index (χ1v) is 14.6. The second kappa shape index (κ2) is 11.1. The molecule has 2 aliphatic heterocycles. The molecule has 1 aliphatic carbocycles. The summed E-state index contributed by atoms with van der Waals surface area (Å²) in [7, 11) is 2.08. The molecule has 11 nitrogen and oxygen atoms in total. The molecule has 3 atom stereocenters. The average molecular weight is 556 g/mol. The van der Waals surface area contributed by atoms with Gasteiger partial charge in [0.25, 0.3) is 0 Å². The normalized spacial score (nSPS) is 22.9. The number of piperidine rings is 1. The number of hydrogen-bond donors (Lipinski definition) is 1. The molecule has 3 aromatic heterocycles. The van der Waals surface area contributed by atoms with Gasteiger partial charge in [0.2, 0.25) is 11.9 Å². The summed E-state index contributed by atoms with van der Waals surface area (Å²) >= 11 is 0. The Labute approximate surface area is 239 Å². The quantitative estimate of drug-likeness (QED) is 0.355. The van der Waals surface area contributed by atoms with Gasteiger partial charge in [-0.3, -0.25) is 9.48 Å². The zero-order valence-corrected chi connectivity index (χ0v) is 23.5. The second-order valence-electron chi connectivity index (χ2n) is 11.6. The minimum atomic E-state index is 0.0893. The number of nitrogens with one attached hydrogen (secondary N) is 1. The van der Waals surface area contributed by atoms with Gasteiger partial charge >= 0.3 is 0 Å². The van der Waals surface area contributed by atoms with Crippen molar-refractivity contribution in [1.29, 1.82) is 0 Å². The van der Waals surface area contributed by atoms with Gasteiger partial charge in [-0.2, -0.15) is 10.1 Å². The van der Waals surface area contributed by atoms with E-state index in [1.54, 1.807) is 10.9 Å². The third-order valence-corrected chi connectivity index (χ3v) is 8.76. The highest BCUT2D eigenvalue weighted by Gasteiger charge is 2.43. The molecular weight excluding hydrogens is 518 g/mol. The van der Waals surface area contributed by atoms with E-state index in [9.17, 15) is 4.79 Å². The number of likely N-dealkylation sites (N-methyl/N-ethyl adjacent to an activating group) is 1. The number of pyridine rings is 1. The summed E-state index contributed by atoms with van der Waals surface area (Å²) in [5.41, 5.74) is 3.91.